The van der Waals surface area contributed by atoms with Gasteiger partial charge in [0.05, 0.1) is 38.9 Å². The van der Waals surface area contributed by atoms with Crippen LogP contribution in [0.2, 0.25) is 0 Å². The third-order valence-electron chi connectivity index (χ3n) is 29.5. The van der Waals surface area contributed by atoms with Crippen LogP contribution in [0.4, 0.5) is 43.4 Å². The van der Waals surface area contributed by atoms with Crippen molar-refractivity contribution in [1.29, 1.82) is 0 Å². The summed E-state index contributed by atoms with van der Waals surface area (Å²) in [6.45, 7) is 21.1. The van der Waals surface area contributed by atoms with Gasteiger partial charge in [0.2, 0.25) is 0 Å². The summed E-state index contributed by atoms with van der Waals surface area (Å²) in [5.74, 6) is -0.413. The summed E-state index contributed by atoms with van der Waals surface area (Å²) in [4.78, 5) is 143. The standard InChI is InChI=1S/2C23H24F3N3O2.C23H27N3O2.C20H29N3O2.C18H25N3O2/c1-27-14-20(18-7-4-8-19(18)21(27)30)22(31)28(2)16-9-11-29(12-10-16)17-6-3-5-15(13-17)23(24,25)26;1-27-14-20(18-4-3-5-19(18)21(27)30)22(31)28(2)16-10-12-29(13-11-16)17-8-6-15(7-9-17)23(24,25)26;1-16-6-4-7-18(14-16)26-12-10-17(11-13-26)25(3)23(28)21-15-24(2)22(27)20-9-5-8-19(20)21;1-14(2)23-10-8-20(3,9-11-23)13-21-18(24)17-12-22(4)19(25)16-7-5-6-15(16)17;1-18(7-9-20(2)10-8-18)12-19-16(22)15-11-21(3)17(23)14-6-4-5-13(14)15/h3-7,13-14,16H,8-12H2,1-2H3;3-4,6-9,14,16H,5,10-13H2,1-2H3;4-8,14-15,17H,9-13H2,1-3H3;5-6,12,14H,7-11,13H2,1-4H3,(H,21,24);4-5,11H,6-10,12H2,1-3H3,(H,19,22). The number of amides is 5. The molecule has 5 aliphatic carbocycles. The van der Waals surface area contributed by atoms with E-state index in [-0.39, 0.29) is 86.3 Å². The molecule has 0 spiro atoms. The van der Waals surface area contributed by atoms with E-state index in [2.05, 4.69) is 91.3 Å². The second kappa shape index (κ2) is 42.4. The highest BCUT2D eigenvalue weighted by atomic mass is 19.4. The molecule has 10 aliphatic rings. The Labute approximate surface area is 802 Å². The Bertz CT molecular complexity index is 6410. The second-order valence-electron chi connectivity index (χ2n) is 39.5. The Kier molecular flexibility index (Phi) is 31.1. The predicted molar refractivity (Wildman–Crippen MR) is 532 cm³/mol. The first-order chi connectivity index (χ1) is 65.5. The van der Waals surface area contributed by atoms with Gasteiger partial charge in [0, 0.05) is 209 Å². The van der Waals surface area contributed by atoms with E-state index in [0.717, 1.165) is 135 Å². The van der Waals surface area contributed by atoms with E-state index >= 15 is 0 Å². The maximum Gasteiger partial charge on any atom is 0.416 e. The number of pyridine rings is 5. The molecule has 2 N–H and O–H groups in total. The molecule has 5 fully saturated rings. The number of piperidine rings is 5. The first-order valence-electron chi connectivity index (χ1n) is 47.9. The van der Waals surface area contributed by atoms with Crippen LogP contribution in [0.5, 0.6) is 0 Å². The van der Waals surface area contributed by atoms with Gasteiger partial charge in [-0.05, 0) is 249 Å². The van der Waals surface area contributed by atoms with Crippen molar-refractivity contribution < 1.29 is 50.3 Å². The molecular formula is C107H129F6N15O10. The van der Waals surface area contributed by atoms with Gasteiger partial charge in [-0.3, -0.25) is 47.9 Å². The van der Waals surface area contributed by atoms with Crippen molar-refractivity contribution in [2.45, 2.75) is 167 Å². The van der Waals surface area contributed by atoms with E-state index in [1.165, 1.54) is 58.4 Å². The number of nitrogens with one attached hydrogen (secondary N) is 2. The zero-order valence-electron chi connectivity index (χ0n) is 81.7. The maximum absolute atomic E-state index is 13.2. The zero-order chi connectivity index (χ0) is 99.3. The number of carbonyl (C=O) groups is 5. The van der Waals surface area contributed by atoms with Gasteiger partial charge in [-0.15, -0.1) is 0 Å². The third-order valence-corrected chi connectivity index (χ3v) is 29.5. The van der Waals surface area contributed by atoms with Crippen molar-refractivity contribution in [3.05, 3.63) is 286 Å². The Morgan fingerprint density at radius 1 is 0.384 bits per heavy atom. The summed E-state index contributed by atoms with van der Waals surface area (Å²) in [6, 6.07) is 19.9. The van der Waals surface area contributed by atoms with Crippen molar-refractivity contribution >= 4 is 77.0 Å². The number of nitrogens with zero attached hydrogens (tertiary/aromatic N) is 13. The van der Waals surface area contributed by atoms with Crippen LogP contribution in [0, 0.1) is 17.8 Å². The predicted octanol–water partition coefficient (Wildman–Crippen LogP) is 14.0. The number of aromatic nitrogens is 5. The molecule has 31 heteroatoms. The average molecular weight is 1900 g/mol. The van der Waals surface area contributed by atoms with Crippen LogP contribution in [0.1, 0.15) is 216 Å². The highest BCUT2D eigenvalue weighted by Crippen LogP contribution is 2.39. The summed E-state index contributed by atoms with van der Waals surface area (Å²) in [6.07, 6.45) is 30.4. The quantitative estimate of drug-likeness (QED) is 0.0854. The lowest BCUT2D eigenvalue weighted by molar-refractivity contribution is -0.138. The molecule has 25 nitrogen and oxygen atoms in total. The molecule has 5 amide bonds. The summed E-state index contributed by atoms with van der Waals surface area (Å²) in [5.41, 5.74) is 12.8. The van der Waals surface area contributed by atoms with Crippen molar-refractivity contribution in [3.63, 3.8) is 0 Å². The van der Waals surface area contributed by atoms with Gasteiger partial charge < -0.3 is 72.7 Å². The highest BCUT2D eigenvalue weighted by molar-refractivity contribution is 6.02. The van der Waals surface area contributed by atoms with E-state index in [1.54, 1.807) is 96.2 Å². The monoisotopic (exact) mass is 1900 g/mol. The average Bonchev–Trinajstić information content (AvgIpc) is 1.62. The molecule has 3 aromatic carbocycles. The Hall–Kier alpha value is -12.6. The van der Waals surface area contributed by atoms with E-state index in [1.807, 2.05) is 82.5 Å². The molecule has 8 aromatic rings. The van der Waals surface area contributed by atoms with Crippen LogP contribution in [0.25, 0.3) is 30.4 Å². The Balaban J connectivity index is 0.000000138. The van der Waals surface area contributed by atoms with Gasteiger partial charge in [-0.25, -0.2) is 0 Å². The van der Waals surface area contributed by atoms with E-state index < -0.39 is 23.5 Å². The topological polar surface area (TPSA) is 245 Å². The minimum absolute atomic E-state index is 0.00686. The SMILES string of the molecule is CC(C)N1CCC(C)(CNC(=O)c2cn(C)c(=O)c3c2C=CC3)CC1.CN(C(=O)c1cn(C)c(=O)c2c1C=CC2)C1CCN(c2ccc(C(F)(F)F)cc2)CC1.CN(C(=O)c1cn(C)c(=O)c2c1C=CC2)C1CCN(c2cccc(C(F)(F)F)c2)CC1.CN1CCC(C)(CNC(=O)c2cn(C)c(=O)c3c2C=CC3)CC1.Cc1cccc(N2CCC(N(C)C(=O)c3cn(C)c(=O)c4c3C=CC4)CC2)c1. The van der Waals surface area contributed by atoms with Crippen LogP contribution < -0.4 is 53.1 Å². The number of allylic oxidation sites excluding steroid dienone is 5. The number of likely N-dealkylation sites (tertiary alicyclic amines) is 2. The first kappa shape index (κ1) is 101. The molecule has 0 atom stereocenters. The normalized spacial score (nSPS) is 17.5. The molecule has 0 unspecified atom stereocenters. The Morgan fingerprint density at radius 2 is 0.674 bits per heavy atom. The molecule has 5 aromatic heterocycles. The number of anilines is 3. The Morgan fingerprint density at radius 3 is 0.986 bits per heavy atom. The van der Waals surface area contributed by atoms with Crippen molar-refractivity contribution in [2.75, 3.05) is 121 Å². The van der Waals surface area contributed by atoms with Gasteiger partial charge in [0.1, 0.15) is 0 Å². The fraction of sp³-hybridized carbons (Fsp3) is 0.458. The summed E-state index contributed by atoms with van der Waals surface area (Å²) >= 11 is 0. The van der Waals surface area contributed by atoms with Crippen molar-refractivity contribution in [1.82, 2.24) is 58.0 Å². The van der Waals surface area contributed by atoms with Gasteiger partial charge in [0.15, 0.2) is 0 Å². The largest absolute Gasteiger partial charge is 0.416 e. The number of halogens is 6. The maximum atomic E-state index is 13.2. The number of fused-ring (bicyclic) bond motifs is 5. The lowest BCUT2D eigenvalue weighted by Crippen LogP contribution is -2.46. The molecule has 5 saturated heterocycles. The van der Waals surface area contributed by atoms with Crippen LogP contribution >= 0.6 is 0 Å². The third kappa shape index (κ3) is 22.7. The number of rotatable bonds is 16. The fourth-order valence-electron chi connectivity index (χ4n) is 20.4. The smallest absolute Gasteiger partial charge is 0.371 e. The molecule has 0 saturated carbocycles. The highest BCUT2D eigenvalue weighted by Gasteiger charge is 2.39. The van der Waals surface area contributed by atoms with Gasteiger partial charge >= 0.3 is 12.4 Å². The molecule has 18 rings (SSSR count). The number of carbonyl (C=O) groups excluding carboxylic acids is 5. The van der Waals surface area contributed by atoms with E-state index in [9.17, 15) is 74.3 Å². The number of hydrogen-bond donors (Lipinski definition) is 2. The lowest BCUT2D eigenvalue weighted by Gasteiger charge is -2.41. The van der Waals surface area contributed by atoms with Gasteiger partial charge in [-0.2, -0.15) is 26.3 Å². The van der Waals surface area contributed by atoms with Crippen LogP contribution in [-0.4, -0.2) is 208 Å². The van der Waals surface area contributed by atoms with Gasteiger partial charge in [-0.1, -0.05) is 92.8 Å². The molecule has 138 heavy (non-hydrogen) atoms. The number of hydrogen-bond acceptors (Lipinski definition) is 15. The number of aryl methyl sites for hydroxylation is 6. The first-order valence-corrected chi connectivity index (χ1v) is 47.9. The minimum Gasteiger partial charge on any atom is -0.371 e. The lowest BCUT2D eigenvalue weighted by atomic mass is 9.80. The zero-order valence-corrected chi connectivity index (χ0v) is 81.7. The summed E-state index contributed by atoms with van der Waals surface area (Å²) in [5, 5.41) is 6.22. The van der Waals surface area contributed by atoms with Crippen molar-refractivity contribution in [3.8, 4) is 0 Å². The van der Waals surface area contributed by atoms with E-state index in [4.69, 9.17) is 0 Å². The second-order valence-corrected chi connectivity index (χ2v) is 39.5. The molecule has 0 bridgehead atoms. The van der Waals surface area contributed by atoms with Crippen LogP contribution in [0.3, 0.4) is 0 Å². The van der Waals surface area contributed by atoms with Crippen LogP contribution in [-0.2, 0) is 79.7 Å². The molecule has 10 heterocycles. The molecule has 734 valence electrons. The van der Waals surface area contributed by atoms with E-state index in [0.29, 0.717) is 159 Å². The van der Waals surface area contributed by atoms with Crippen molar-refractivity contribution in [2.24, 2.45) is 46.1 Å². The molecule has 5 aliphatic heterocycles. The van der Waals surface area contributed by atoms with Crippen LogP contribution in [0.15, 0.2) is 158 Å². The molecular weight excluding hydrogens is 1770 g/mol. The molecule has 0 radical (unpaired) electrons. The summed E-state index contributed by atoms with van der Waals surface area (Å²) < 4.78 is 84.8. The number of alkyl halides is 6. The summed E-state index contributed by atoms with van der Waals surface area (Å²) in [7, 11) is 16.0. The number of benzene rings is 3. The fourth-order valence-corrected chi connectivity index (χ4v) is 20.4. The van der Waals surface area contributed by atoms with Gasteiger partial charge in [0.25, 0.3) is 57.3 Å². The minimum atomic E-state index is -4.37.